The zero-order valence-electron chi connectivity index (χ0n) is 14.5. The molecule has 1 saturated carbocycles. The second-order valence-corrected chi connectivity index (χ2v) is 8.98. The third kappa shape index (κ3) is 4.33. The number of nitro groups is 1. The molecule has 0 amide bonds. The predicted molar refractivity (Wildman–Crippen MR) is 93.2 cm³/mol. The van der Waals surface area contributed by atoms with Crippen molar-refractivity contribution in [1.82, 2.24) is 4.72 Å². The fourth-order valence-electron chi connectivity index (χ4n) is 3.32. The van der Waals surface area contributed by atoms with Crippen LogP contribution in [0.4, 0.5) is 5.69 Å². The minimum Gasteiger partial charge on any atom is -0.258 e. The Hall–Kier alpha value is -1.47. The lowest BCUT2D eigenvalue weighted by Crippen LogP contribution is -2.39. The Morgan fingerprint density at radius 1 is 1.17 bits per heavy atom. The predicted octanol–water partition coefficient (Wildman–Crippen LogP) is 3.87. The van der Waals surface area contributed by atoms with Crippen LogP contribution >= 0.6 is 0 Å². The third-order valence-electron chi connectivity index (χ3n) is 5.42. The van der Waals surface area contributed by atoms with Crippen LogP contribution in [0.2, 0.25) is 0 Å². The summed E-state index contributed by atoms with van der Waals surface area (Å²) in [7, 11) is -3.63. The SMILES string of the molecule is CCC(C)(C)C1CCC(NS(=O)(=O)c2ccc([N+](=O)[O-])cc2)CC1. The first-order valence-electron chi connectivity index (χ1n) is 8.42. The molecule has 0 unspecified atom stereocenters. The number of hydrogen-bond donors (Lipinski definition) is 1. The summed E-state index contributed by atoms with van der Waals surface area (Å²) >= 11 is 0. The van der Waals surface area contributed by atoms with Gasteiger partial charge in [0.25, 0.3) is 5.69 Å². The summed E-state index contributed by atoms with van der Waals surface area (Å²) in [5, 5.41) is 10.7. The van der Waals surface area contributed by atoms with Crippen molar-refractivity contribution in [3.8, 4) is 0 Å². The first kappa shape index (κ1) is 18.9. The van der Waals surface area contributed by atoms with E-state index in [4.69, 9.17) is 0 Å². The van der Waals surface area contributed by atoms with E-state index >= 15 is 0 Å². The lowest BCUT2D eigenvalue weighted by molar-refractivity contribution is -0.384. The fourth-order valence-corrected chi connectivity index (χ4v) is 4.62. The van der Waals surface area contributed by atoms with Gasteiger partial charge in [-0.15, -0.1) is 0 Å². The van der Waals surface area contributed by atoms with Crippen molar-refractivity contribution in [3.05, 3.63) is 34.4 Å². The van der Waals surface area contributed by atoms with Crippen molar-refractivity contribution in [1.29, 1.82) is 0 Å². The first-order chi connectivity index (χ1) is 11.2. The van der Waals surface area contributed by atoms with Crippen LogP contribution in [0.15, 0.2) is 29.2 Å². The highest BCUT2D eigenvalue weighted by Gasteiger charge is 2.33. The monoisotopic (exact) mass is 354 g/mol. The molecule has 1 aliphatic rings. The zero-order chi connectivity index (χ0) is 18.0. The van der Waals surface area contributed by atoms with Gasteiger partial charge in [0.15, 0.2) is 0 Å². The van der Waals surface area contributed by atoms with Crippen LogP contribution in [0.25, 0.3) is 0 Å². The van der Waals surface area contributed by atoms with E-state index in [1.54, 1.807) is 0 Å². The van der Waals surface area contributed by atoms with Crippen molar-refractivity contribution < 1.29 is 13.3 Å². The normalized spacial score (nSPS) is 22.3. The molecule has 1 aromatic carbocycles. The van der Waals surface area contributed by atoms with Crippen molar-refractivity contribution in [3.63, 3.8) is 0 Å². The van der Waals surface area contributed by atoms with E-state index in [1.165, 1.54) is 24.3 Å². The Bertz CT molecular complexity index is 675. The van der Waals surface area contributed by atoms with Crippen LogP contribution in [-0.2, 0) is 10.0 Å². The summed E-state index contributed by atoms with van der Waals surface area (Å²) in [5.74, 6) is 0.627. The summed E-state index contributed by atoms with van der Waals surface area (Å²) < 4.78 is 27.6. The highest BCUT2D eigenvalue weighted by atomic mass is 32.2. The molecular formula is C17H26N2O4S. The number of nitrogens with zero attached hydrogens (tertiary/aromatic N) is 1. The van der Waals surface area contributed by atoms with E-state index in [9.17, 15) is 18.5 Å². The van der Waals surface area contributed by atoms with Crippen LogP contribution in [0.3, 0.4) is 0 Å². The van der Waals surface area contributed by atoms with Crippen LogP contribution < -0.4 is 4.72 Å². The Kier molecular flexibility index (Phi) is 5.65. The largest absolute Gasteiger partial charge is 0.269 e. The van der Waals surface area contributed by atoms with Crippen LogP contribution in [0.1, 0.15) is 52.9 Å². The van der Waals surface area contributed by atoms with E-state index in [2.05, 4.69) is 25.5 Å². The second kappa shape index (κ2) is 7.19. The van der Waals surface area contributed by atoms with E-state index in [0.717, 1.165) is 32.1 Å². The van der Waals surface area contributed by atoms with E-state index < -0.39 is 14.9 Å². The smallest absolute Gasteiger partial charge is 0.258 e. The van der Waals surface area contributed by atoms with Crippen molar-refractivity contribution in [2.45, 2.75) is 63.8 Å². The number of nitrogens with one attached hydrogen (secondary N) is 1. The summed E-state index contributed by atoms with van der Waals surface area (Å²) in [4.78, 5) is 10.2. The van der Waals surface area contributed by atoms with Crippen molar-refractivity contribution in [2.24, 2.45) is 11.3 Å². The highest BCUT2D eigenvalue weighted by molar-refractivity contribution is 7.89. The van der Waals surface area contributed by atoms with Crippen LogP contribution in [0.5, 0.6) is 0 Å². The van der Waals surface area contributed by atoms with Gasteiger partial charge in [0.05, 0.1) is 9.82 Å². The van der Waals surface area contributed by atoms with Gasteiger partial charge in [-0.2, -0.15) is 0 Å². The van der Waals surface area contributed by atoms with Gasteiger partial charge >= 0.3 is 0 Å². The number of benzene rings is 1. The van der Waals surface area contributed by atoms with Crippen molar-refractivity contribution in [2.75, 3.05) is 0 Å². The van der Waals surface area contributed by atoms with Gasteiger partial charge < -0.3 is 0 Å². The van der Waals surface area contributed by atoms with E-state index in [1.807, 2.05) is 0 Å². The Labute approximate surface area is 143 Å². The van der Waals surface area contributed by atoms with Crippen molar-refractivity contribution >= 4 is 15.7 Å². The van der Waals surface area contributed by atoms with Gasteiger partial charge in [-0.25, -0.2) is 13.1 Å². The molecule has 0 radical (unpaired) electrons. The van der Waals surface area contributed by atoms with E-state index in [0.29, 0.717) is 11.3 Å². The molecule has 134 valence electrons. The molecule has 0 saturated heterocycles. The maximum Gasteiger partial charge on any atom is 0.269 e. The standard InChI is InChI=1S/C17H26N2O4S/c1-4-17(2,3)13-5-7-14(8-6-13)18-24(22,23)16-11-9-15(10-12-16)19(20)21/h9-14,18H,4-8H2,1-3H3. The number of nitro benzene ring substituents is 1. The summed E-state index contributed by atoms with van der Waals surface area (Å²) in [6.07, 6.45) is 4.83. The Morgan fingerprint density at radius 3 is 2.17 bits per heavy atom. The molecule has 0 spiro atoms. The molecule has 0 aliphatic heterocycles. The Morgan fingerprint density at radius 2 is 1.71 bits per heavy atom. The summed E-state index contributed by atoms with van der Waals surface area (Å²) in [6, 6.07) is 4.94. The Balaban J connectivity index is 1.99. The number of rotatable bonds is 6. The summed E-state index contributed by atoms with van der Waals surface area (Å²) in [5.41, 5.74) is 0.179. The molecule has 1 fully saturated rings. The van der Waals surface area contributed by atoms with Gasteiger partial charge in [-0.05, 0) is 49.1 Å². The fraction of sp³-hybridized carbons (Fsp3) is 0.647. The number of sulfonamides is 1. The lowest BCUT2D eigenvalue weighted by atomic mass is 9.69. The molecule has 0 aromatic heterocycles. The summed E-state index contributed by atoms with van der Waals surface area (Å²) in [6.45, 7) is 6.75. The van der Waals surface area contributed by atoms with E-state index in [-0.39, 0.29) is 16.6 Å². The maximum atomic E-state index is 12.4. The quantitative estimate of drug-likeness (QED) is 0.620. The average molecular weight is 354 g/mol. The average Bonchev–Trinajstić information content (AvgIpc) is 2.55. The lowest BCUT2D eigenvalue weighted by Gasteiger charge is -2.39. The highest BCUT2D eigenvalue weighted by Crippen LogP contribution is 2.40. The second-order valence-electron chi connectivity index (χ2n) is 7.26. The van der Waals surface area contributed by atoms with Gasteiger partial charge in [-0.1, -0.05) is 27.2 Å². The first-order valence-corrected chi connectivity index (χ1v) is 9.91. The van der Waals surface area contributed by atoms with Crippen LogP contribution in [0, 0.1) is 21.4 Å². The number of non-ortho nitro benzene ring substituents is 1. The molecule has 1 N–H and O–H groups in total. The molecule has 24 heavy (non-hydrogen) atoms. The molecule has 0 heterocycles. The molecule has 0 atom stereocenters. The molecule has 2 rings (SSSR count). The van der Waals surface area contributed by atoms with Gasteiger partial charge in [0, 0.05) is 18.2 Å². The van der Waals surface area contributed by atoms with Gasteiger partial charge in [0.2, 0.25) is 10.0 Å². The molecule has 6 nitrogen and oxygen atoms in total. The molecule has 1 aromatic rings. The minimum atomic E-state index is -3.63. The molecular weight excluding hydrogens is 328 g/mol. The molecule has 0 bridgehead atoms. The third-order valence-corrected chi connectivity index (χ3v) is 6.96. The number of hydrogen-bond acceptors (Lipinski definition) is 4. The molecule has 7 heteroatoms. The molecule has 1 aliphatic carbocycles. The minimum absolute atomic E-state index is 0.0610. The zero-order valence-corrected chi connectivity index (χ0v) is 15.3. The maximum absolute atomic E-state index is 12.4. The van der Waals surface area contributed by atoms with Gasteiger partial charge in [-0.3, -0.25) is 10.1 Å². The van der Waals surface area contributed by atoms with Gasteiger partial charge in [0.1, 0.15) is 0 Å². The topological polar surface area (TPSA) is 89.3 Å². The van der Waals surface area contributed by atoms with Crippen LogP contribution in [-0.4, -0.2) is 19.4 Å².